The molecule has 134 valence electrons. The van der Waals surface area contributed by atoms with Crippen molar-refractivity contribution in [3.63, 3.8) is 0 Å². The van der Waals surface area contributed by atoms with Crippen molar-refractivity contribution in [2.45, 2.75) is 33.5 Å². The van der Waals surface area contributed by atoms with E-state index in [4.69, 9.17) is 12.2 Å². The summed E-state index contributed by atoms with van der Waals surface area (Å²) in [5.41, 5.74) is 3.87. The van der Waals surface area contributed by atoms with Gasteiger partial charge in [-0.3, -0.25) is 9.58 Å². The summed E-state index contributed by atoms with van der Waals surface area (Å²) in [6, 6.07) is 8.82. The quantitative estimate of drug-likeness (QED) is 0.832. The van der Waals surface area contributed by atoms with Crippen LogP contribution in [0.15, 0.2) is 36.7 Å². The SMILES string of the molecule is CCn1cc(CNC(=S)N2CCN(Cc3ccc(C)cc3)CC2)cn1. The topological polar surface area (TPSA) is 36.3 Å². The summed E-state index contributed by atoms with van der Waals surface area (Å²) < 4.78 is 1.93. The van der Waals surface area contributed by atoms with Crippen molar-refractivity contribution in [2.24, 2.45) is 0 Å². The molecule has 3 rings (SSSR count). The number of nitrogens with zero attached hydrogens (tertiary/aromatic N) is 4. The van der Waals surface area contributed by atoms with Crippen LogP contribution in [-0.2, 0) is 19.6 Å². The maximum absolute atomic E-state index is 5.56. The molecule has 1 aromatic carbocycles. The Morgan fingerprint density at radius 3 is 2.48 bits per heavy atom. The largest absolute Gasteiger partial charge is 0.358 e. The summed E-state index contributed by atoms with van der Waals surface area (Å²) in [6.45, 7) is 10.9. The molecule has 1 aliphatic heterocycles. The van der Waals surface area contributed by atoms with Crippen molar-refractivity contribution >= 4 is 17.3 Å². The number of rotatable bonds is 5. The predicted molar refractivity (Wildman–Crippen MR) is 105 cm³/mol. The van der Waals surface area contributed by atoms with E-state index in [1.54, 1.807) is 0 Å². The smallest absolute Gasteiger partial charge is 0.169 e. The van der Waals surface area contributed by atoms with Crippen LogP contribution in [0.1, 0.15) is 23.6 Å². The van der Waals surface area contributed by atoms with Gasteiger partial charge in [0.15, 0.2) is 5.11 Å². The number of aromatic nitrogens is 2. The number of nitrogens with one attached hydrogen (secondary N) is 1. The molecule has 0 bridgehead atoms. The Morgan fingerprint density at radius 1 is 1.12 bits per heavy atom. The Balaban J connectivity index is 1.41. The van der Waals surface area contributed by atoms with Crippen LogP contribution in [0, 0.1) is 6.92 Å². The molecule has 1 aliphatic rings. The van der Waals surface area contributed by atoms with Gasteiger partial charge in [-0.05, 0) is 31.6 Å². The molecule has 0 aliphatic carbocycles. The maximum Gasteiger partial charge on any atom is 0.169 e. The van der Waals surface area contributed by atoms with E-state index in [0.29, 0.717) is 0 Å². The first kappa shape index (κ1) is 17.9. The lowest BCUT2D eigenvalue weighted by Gasteiger charge is -2.36. The normalized spacial score (nSPS) is 15.4. The monoisotopic (exact) mass is 357 g/mol. The molecule has 1 saturated heterocycles. The fourth-order valence-corrected chi connectivity index (χ4v) is 3.28. The van der Waals surface area contributed by atoms with Gasteiger partial charge in [-0.2, -0.15) is 5.10 Å². The summed E-state index contributed by atoms with van der Waals surface area (Å²) in [6.07, 6.45) is 3.97. The van der Waals surface area contributed by atoms with Crippen molar-refractivity contribution in [2.75, 3.05) is 26.2 Å². The average Bonchev–Trinajstić information content (AvgIpc) is 3.10. The summed E-state index contributed by atoms with van der Waals surface area (Å²) in [7, 11) is 0. The molecule has 0 saturated carbocycles. The van der Waals surface area contributed by atoms with Crippen molar-refractivity contribution < 1.29 is 0 Å². The zero-order valence-electron chi connectivity index (χ0n) is 15.1. The maximum atomic E-state index is 5.56. The number of thiocarbonyl (C=S) groups is 1. The van der Waals surface area contributed by atoms with Crippen LogP contribution >= 0.6 is 12.2 Å². The van der Waals surface area contributed by atoms with Gasteiger partial charge >= 0.3 is 0 Å². The molecule has 5 nitrogen and oxygen atoms in total. The third-order valence-corrected chi connectivity index (χ3v) is 5.04. The van der Waals surface area contributed by atoms with Crippen molar-refractivity contribution in [3.05, 3.63) is 53.3 Å². The third kappa shape index (κ3) is 5.03. The summed E-state index contributed by atoms with van der Waals surface area (Å²) in [5.74, 6) is 0. The van der Waals surface area contributed by atoms with Gasteiger partial charge in [0.05, 0.1) is 6.20 Å². The van der Waals surface area contributed by atoms with Gasteiger partial charge in [0.25, 0.3) is 0 Å². The second-order valence-corrected chi connectivity index (χ2v) is 7.00. The van der Waals surface area contributed by atoms with E-state index in [2.05, 4.69) is 64.5 Å². The van der Waals surface area contributed by atoms with Gasteiger partial charge in [-0.15, -0.1) is 0 Å². The highest BCUT2D eigenvalue weighted by Gasteiger charge is 2.18. The van der Waals surface area contributed by atoms with Crippen LogP contribution < -0.4 is 5.32 Å². The second kappa shape index (κ2) is 8.45. The Hall–Kier alpha value is -1.92. The second-order valence-electron chi connectivity index (χ2n) is 6.61. The minimum Gasteiger partial charge on any atom is -0.358 e. The van der Waals surface area contributed by atoms with E-state index < -0.39 is 0 Å². The fraction of sp³-hybridized carbons (Fsp3) is 0.474. The number of benzene rings is 1. The lowest BCUT2D eigenvalue weighted by Crippen LogP contribution is -2.51. The van der Waals surface area contributed by atoms with E-state index in [-0.39, 0.29) is 0 Å². The number of piperazine rings is 1. The van der Waals surface area contributed by atoms with Gasteiger partial charge < -0.3 is 10.2 Å². The highest BCUT2D eigenvalue weighted by atomic mass is 32.1. The van der Waals surface area contributed by atoms with Gasteiger partial charge in [0.1, 0.15) is 0 Å². The average molecular weight is 358 g/mol. The molecule has 25 heavy (non-hydrogen) atoms. The Labute approximate surface area is 155 Å². The van der Waals surface area contributed by atoms with Crippen molar-refractivity contribution in [1.29, 1.82) is 0 Å². The number of hydrogen-bond donors (Lipinski definition) is 1. The Bertz CT molecular complexity index is 686. The molecule has 0 atom stereocenters. The van der Waals surface area contributed by atoms with Crippen LogP contribution in [-0.4, -0.2) is 50.9 Å². The summed E-state index contributed by atoms with van der Waals surface area (Å²) in [5, 5.41) is 8.50. The standard InChI is InChI=1S/C19H27N5S/c1-3-24-15-18(13-21-24)12-20-19(25)23-10-8-22(9-11-23)14-17-6-4-16(2)5-7-17/h4-7,13,15H,3,8-12,14H2,1-2H3,(H,20,25). The number of aryl methyl sites for hydroxylation is 2. The lowest BCUT2D eigenvalue weighted by molar-refractivity contribution is 0.174. The minimum absolute atomic E-state index is 0.739. The molecule has 0 spiro atoms. The van der Waals surface area contributed by atoms with Crippen molar-refractivity contribution in [3.8, 4) is 0 Å². The molecular weight excluding hydrogens is 330 g/mol. The third-order valence-electron chi connectivity index (χ3n) is 4.64. The molecule has 2 aromatic rings. The molecule has 0 unspecified atom stereocenters. The van der Waals surface area contributed by atoms with Crippen LogP contribution in [0.5, 0.6) is 0 Å². The van der Waals surface area contributed by atoms with Gasteiger partial charge in [-0.25, -0.2) is 0 Å². The summed E-state index contributed by atoms with van der Waals surface area (Å²) in [4.78, 5) is 4.76. The van der Waals surface area contributed by atoms with Crippen molar-refractivity contribution in [1.82, 2.24) is 24.9 Å². The molecule has 1 aromatic heterocycles. The highest BCUT2D eigenvalue weighted by molar-refractivity contribution is 7.80. The van der Waals surface area contributed by atoms with Gasteiger partial charge in [-0.1, -0.05) is 29.8 Å². The molecule has 1 fully saturated rings. The van der Waals surface area contributed by atoms with Gasteiger partial charge in [0, 0.05) is 57.6 Å². The molecule has 0 radical (unpaired) electrons. The molecule has 1 N–H and O–H groups in total. The molecule has 0 amide bonds. The van der Waals surface area contributed by atoms with Crippen LogP contribution in [0.25, 0.3) is 0 Å². The first-order valence-electron chi connectivity index (χ1n) is 8.96. The Morgan fingerprint density at radius 2 is 1.84 bits per heavy atom. The first-order valence-corrected chi connectivity index (χ1v) is 9.37. The van der Waals surface area contributed by atoms with E-state index in [1.807, 2.05) is 10.9 Å². The van der Waals surface area contributed by atoms with E-state index in [1.165, 1.54) is 16.7 Å². The summed E-state index contributed by atoms with van der Waals surface area (Å²) >= 11 is 5.56. The van der Waals surface area contributed by atoms with Crippen LogP contribution in [0.4, 0.5) is 0 Å². The lowest BCUT2D eigenvalue weighted by atomic mass is 10.1. The van der Waals surface area contributed by atoms with Crippen LogP contribution in [0.3, 0.4) is 0 Å². The van der Waals surface area contributed by atoms with Crippen LogP contribution in [0.2, 0.25) is 0 Å². The molecule has 2 heterocycles. The van der Waals surface area contributed by atoms with E-state index >= 15 is 0 Å². The molecular formula is C19H27N5S. The molecule has 6 heteroatoms. The zero-order chi connectivity index (χ0) is 17.6. The predicted octanol–water partition coefficient (Wildman–Crippen LogP) is 2.40. The minimum atomic E-state index is 0.739. The number of hydrogen-bond acceptors (Lipinski definition) is 3. The fourth-order valence-electron chi connectivity index (χ4n) is 3.02. The first-order chi connectivity index (χ1) is 12.1. The highest BCUT2D eigenvalue weighted by Crippen LogP contribution is 2.10. The zero-order valence-corrected chi connectivity index (χ0v) is 15.9. The van der Waals surface area contributed by atoms with E-state index in [9.17, 15) is 0 Å². The van der Waals surface area contributed by atoms with Gasteiger partial charge in [0.2, 0.25) is 0 Å². The van der Waals surface area contributed by atoms with E-state index in [0.717, 1.165) is 50.9 Å². The Kier molecular flexibility index (Phi) is 6.04.